The molecule has 0 atom stereocenters. The van der Waals surface area contributed by atoms with Gasteiger partial charge in [-0.25, -0.2) is 30.0 Å². The SMILES string of the molecule is COc1cc(S(C)(=O)=O)c(F)cc1NCC#Cc1sc2c(NC3CCC(N4CCS(=O)(=O)CC4)CC3)cccc2c1CC(F)F. The van der Waals surface area contributed by atoms with Crippen molar-refractivity contribution in [3.8, 4) is 17.6 Å². The predicted molar refractivity (Wildman–Crippen MR) is 173 cm³/mol. The summed E-state index contributed by atoms with van der Waals surface area (Å²) in [5.41, 5.74) is 1.57. The average molecular weight is 684 g/mol. The number of thiophene rings is 1. The van der Waals surface area contributed by atoms with E-state index in [1.807, 2.05) is 18.2 Å². The molecule has 0 radical (unpaired) electrons. The van der Waals surface area contributed by atoms with Crippen molar-refractivity contribution in [2.24, 2.45) is 0 Å². The molecule has 5 rings (SSSR count). The fourth-order valence-electron chi connectivity index (χ4n) is 6.03. The van der Waals surface area contributed by atoms with Gasteiger partial charge in [0.25, 0.3) is 0 Å². The number of benzene rings is 2. The van der Waals surface area contributed by atoms with Gasteiger partial charge in [-0.2, -0.15) is 0 Å². The molecule has 0 unspecified atom stereocenters. The van der Waals surface area contributed by atoms with Gasteiger partial charge in [-0.1, -0.05) is 24.0 Å². The second kappa shape index (κ2) is 13.8. The Balaban J connectivity index is 1.30. The number of hydrogen-bond acceptors (Lipinski definition) is 9. The first-order valence-electron chi connectivity index (χ1n) is 14.7. The van der Waals surface area contributed by atoms with Crippen molar-refractivity contribution in [1.29, 1.82) is 0 Å². The number of methoxy groups -OCH3 is 1. The van der Waals surface area contributed by atoms with E-state index in [0.29, 0.717) is 29.6 Å². The van der Waals surface area contributed by atoms with E-state index in [9.17, 15) is 30.0 Å². The third-order valence-electron chi connectivity index (χ3n) is 8.35. The summed E-state index contributed by atoms with van der Waals surface area (Å²) in [5, 5.41) is 7.28. The molecule has 2 aliphatic rings. The third-order valence-corrected chi connectivity index (χ3v) is 12.3. The van der Waals surface area contributed by atoms with Gasteiger partial charge in [0.15, 0.2) is 19.7 Å². The zero-order valence-corrected chi connectivity index (χ0v) is 27.5. The van der Waals surface area contributed by atoms with Crippen LogP contribution in [0.5, 0.6) is 5.75 Å². The van der Waals surface area contributed by atoms with Gasteiger partial charge < -0.3 is 15.4 Å². The lowest BCUT2D eigenvalue weighted by Crippen LogP contribution is -2.48. The monoisotopic (exact) mass is 683 g/mol. The minimum Gasteiger partial charge on any atom is -0.495 e. The average Bonchev–Trinajstić information content (AvgIpc) is 3.32. The number of anilines is 2. The largest absolute Gasteiger partial charge is 0.495 e. The Hall–Kier alpha value is -2.99. The molecule has 0 amide bonds. The van der Waals surface area contributed by atoms with Crippen LogP contribution in [0.2, 0.25) is 0 Å². The number of nitrogens with zero attached hydrogens (tertiary/aromatic N) is 1. The van der Waals surface area contributed by atoms with E-state index in [1.54, 1.807) is 0 Å². The van der Waals surface area contributed by atoms with Gasteiger partial charge in [-0.05, 0) is 42.7 Å². The zero-order chi connectivity index (χ0) is 32.4. The third kappa shape index (κ3) is 8.06. The molecule has 2 heterocycles. The summed E-state index contributed by atoms with van der Waals surface area (Å²) >= 11 is 1.35. The van der Waals surface area contributed by atoms with E-state index < -0.39 is 43.2 Å². The van der Waals surface area contributed by atoms with Gasteiger partial charge in [0.1, 0.15) is 16.5 Å². The molecule has 0 bridgehead atoms. The van der Waals surface area contributed by atoms with Crippen LogP contribution < -0.4 is 15.4 Å². The standard InChI is InChI=1S/C31H36F3N3O5S3/c1-42-27-19-29(44(2,38)39)24(32)18-26(27)35-12-4-7-28-23(17-30(33)34)22-5-3-6-25(31(22)43-28)36-20-8-10-21(11-9-20)37-13-15-45(40,41)16-14-37/h3,5-6,18-21,30,35-36H,8-17H2,1-2H3. The summed E-state index contributed by atoms with van der Waals surface area (Å²) in [6.07, 6.45) is 1.68. The molecule has 1 aliphatic heterocycles. The molecule has 1 saturated heterocycles. The van der Waals surface area contributed by atoms with Crippen LogP contribution in [0.15, 0.2) is 35.2 Å². The van der Waals surface area contributed by atoms with Crippen molar-refractivity contribution < 1.29 is 34.7 Å². The number of fused-ring (bicyclic) bond motifs is 1. The Bertz CT molecular complexity index is 1810. The fourth-order valence-corrected chi connectivity index (χ4v) is 9.17. The maximum absolute atomic E-state index is 14.5. The quantitative estimate of drug-likeness (QED) is 0.298. The molecule has 1 aromatic heterocycles. The Morgan fingerprint density at radius 3 is 2.47 bits per heavy atom. The lowest BCUT2D eigenvalue weighted by atomic mass is 9.90. The number of sulfone groups is 2. The minimum atomic E-state index is -3.79. The summed E-state index contributed by atoms with van der Waals surface area (Å²) in [6, 6.07) is 8.35. The molecule has 8 nitrogen and oxygen atoms in total. The molecule has 244 valence electrons. The predicted octanol–water partition coefficient (Wildman–Crippen LogP) is 5.18. The first-order valence-corrected chi connectivity index (χ1v) is 19.2. The molecular formula is C31H36F3N3O5S3. The summed E-state index contributed by atoms with van der Waals surface area (Å²) in [4.78, 5) is 2.34. The van der Waals surface area contributed by atoms with Crippen LogP contribution in [0.3, 0.4) is 0 Å². The molecule has 45 heavy (non-hydrogen) atoms. The highest BCUT2D eigenvalue weighted by Gasteiger charge is 2.30. The Morgan fingerprint density at radius 1 is 1.11 bits per heavy atom. The number of rotatable bonds is 9. The molecule has 0 spiro atoms. The number of ether oxygens (including phenoxy) is 1. The topological polar surface area (TPSA) is 105 Å². The lowest BCUT2D eigenvalue weighted by Gasteiger charge is -2.39. The molecule has 2 aromatic carbocycles. The number of hydrogen-bond donors (Lipinski definition) is 2. The highest BCUT2D eigenvalue weighted by Crippen LogP contribution is 2.38. The summed E-state index contributed by atoms with van der Waals surface area (Å²) in [6.45, 7) is 1.21. The smallest absolute Gasteiger partial charge is 0.242 e. The van der Waals surface area contributed by atoms with E-state index >= 15 is 0 Å². The van der Waals surface area contributed by atoms with Crippen molar-refractivity contribution in [2.75, 3.05) is 55.1 Å². The maximum atomic E-state index is 14.5. The van der Waals surface area contributed by atoms with Gasteiger partial charge in [0.05, 0.1) is 46.1 Å². The molecule has 14 heteroatoms. The second-order valence-corrected chi connectivity index (χ2v) is 16.7. The van der Waals surface area contributed by atoms with E-state index in [-0.39, 0.29) is 35.5 Å². The van der Waals surface area contributed by atoms with Crippen LogP contribution in [0, 0.1) is 17.7 Å². The second-order valence-electron chi connectivity index (χ2n) is 11.4. The van der Waals surface area contributed by atoms with Crippen LogP contribution >= 0.6 is 11.3 Å². The van der Waals surface area contributed by atoms with Gasteiger partial charge in [-0.3, -0.25) is 4.90 Å². The Morgan fingerprint density at radius 2 is 1.82 bits per heavy atom. The first kappa shape index (κ1) is 33.4. The molecule has 3 aromatic rings. The van der Waals surface area contributed by atoms with Gasteiger partial charge in [0, 0.05) is 50.0 Å². The molecule has 2 N–H and O–H groups in total. The zero-order valence-electron chi connectivity index (χ0n) is 25.0. The van der Waals surface area contributed by atoms with Crippen molar-refractivity contribution >= 4 is 52.5 Å². The van der Waals surface area contributed by atoms with Crippen LogP contribution in [0.25, 0.3) is 10.1 Å². The van der Waals surface area contributed by atoms with Gasteiger partial charge >= 0.3 is 0 Å². The number of alkyl halides is 2. The van der Waals surface area contributed by atoms with Gasteiger partial charge in [0.2, 0.25) is 6.43 Å². The highest BCUT2D eigenvalue weighted by molar-refractivity contribution is 7.91. The molecule has 1 saturated carbocycles. The Kier molecular flexibility index (Phi) is 10.2. The summed E-state index contributed by atoms with van der Waals surface area (Å²) in [7, 11) is -5.37. The van der Waals surface area contributed by atoms with E-state index in [2.05, 4.69) is 27.4 Å². The van der Waals surface area contributed by atoms with Crippen LogP contribution in [-0.4, -0.2) is 84.8 Å². The van der Waals surface area contributed by atoms with E-state index in [4.69, 9.17) is 4.74 Å². The summed E-state index contributed by atoms with van der Waals surface area (Å²) < 4.78 is 95.2. The number of nitrogens with one attached hydrogen (secondary N) is 2. The van der Waals surface area contributed by atoms with E-state index in [0.717, 1.165) is 59.8 Å². The molecular weight excluding hydrogens is 648 g/mol. The lowest BCUT2D eigenvalue weighted by molar-refractivity contribution is 0.149. The maximum Gasteiger partial charge on any atom is 0.242 e. The van der Waals surface area contributed by atoms with Crippen molar-refractivity contribution in [3.63, 3.8) is 0 Å². The van der Waals surface area contributed by atoms with Crippen molar-refractivity contribution in [3.05, 3.63) is 46.6 Å². The first-order chi connectivity index (χ1) is 21.3. The normalized spacial score (nSPS) is 20.5. The van der Waals surface area contributed by atoms with E-state index in [1.165, 1.54) is 18.4 Å². The van der Waals surface area contributed by atoms with Crippen LogP contribution in [0.4, 0.5) is 24.5 Å². The summed E-state index contributed by atoms with van der Waals surface area (Å²) in [5.74, 6) is 5.59. The highest BCUT2D eigenvalue weighted by atomic mass is 32.2. The Labute approximate surface area is 266 Å². The number of halogens is 3. The molecule has 1 aliphatic carbocycles. The minimum absolute atomic E-state index is 0.0354. The van der Waals surface area contributed by atoms with Crippen molar-refractivity contribution in [1.82, 2.24) is 4.90 Å². The van der Waals surface area contributed by atoms with Crippen molar-refractivity contribution in [2.45, 2.75) is 55.5 Å². The van der Waals surface area contributed by atoms with Crippen LogP contribution in [-0.2, 0) is 26.1 Å². The van der Waals surface area contributed by atoms with Crippen LogP contribution in [0.1, 0.15) is 36.1 Å². The molecule has 2 fully saturated rings. The van der Waals surface area contributed by atoms with Gasteiger partial charge in [-0.15, -0.1) is 11.3 Å². The fraction of sp³-hybridized carbons (Fsp3) is 0.484.